The topological polar surface area (TPSA) is 127 Å². The molecule has 0 bridgehead atoms. The number of fused-ring (bicyclic) bond motifs is 3. The van der Waals surface area contributed by atoms with Crippen molar-refractivity contribution in [2.75, 3.05) is 36.4 Å². The lowest BCUT2D eigenvalue weighted by Gasteiger charge is -2.29. The summed E-state index contributed by atoms with van der Waals surface area (Å²) in [6, 6.07) is 3.98. The Hall–Kier alpha value is -3.53. The molecule has 1 fully saturated rings. The van der Waals surface area contributed by atoms with Crippen LogP contribution in [0.1, 0.15) is 21.6 Å². The van der Waals surface area contributed by atoms with E-state index in [4.69, 9.17) is 10.7 Å². The van der Waals surface area contributed by atoms with Gasteiger partial charge in [-0.3, -0.25) is 9.48 Å². The summed E-state index contributed by atoms with van der Waals surface area (Å²) in [4.78, 5) is 27.7. The van der Waals surface area contributed by atoms with E-state index in [1.165, 1.54) is 0 Å². The van der Waals surface area contributed by atoms with Crippen LogP contribution >= 0.6 is 0 Å². The van der Waals surface area contributed by atoms with Crippen molar-refractivity contribution in [2.24, 2.45) is 12.8 Å². The molecule has 1 amide bonds. The smallest absolute Gasteiger partial charge is 0.269 e. The third kappa shape index (κ3) is 3.24. The number of nitrogens with zero attached hydrogens (tertiary/aromatic N) is 6. The van der Waals surface area contributed by atoms with E-state index in [1.54, 1.807) is 11.7 Å². The first-order valence-corrected chi connectivity index (χ1v) is 10.0. The molecule has 2 aliphatic rings. The molecule has 0 spiro atoms. The lowest BCUT2D eigenvalue weighted by Crippen LogP contribution is -2.43. The number of carbonyl (C=O) groups is 1. The SMILES string of the molecule is Cn1nc(C(N)=O)c2c1-c1nc(Nc3ccc(N4CCNCC4)cn3)ncc1CC2. The van der Waals surface area contributed by atoms with Gasteiger partial charge in [0.25, 0.3) is 5.91 Å². The third-order valence-corrected chi connectivity index (χ3v) is 5.58. The second kappa shape index (κ2) is 7.38. The predicted molar refractivity (Wildman–Crippen MR) is 113 cm³/mol. The molecule has 0 atom stereocenters. The molecular formula is C20H23N9O. The highest BCUT2D eigenvalue weighted by Gasteiger charge is 2.28. The second-order valence-corrected chi connectivity index (χ2v) is 7.49. The van der Waals surface area contributed by atoms with Crippen LogP contribution < -0.4 is 21.3 Å². The minimum Gasteiger partial charge on any atom is -0.368 e. The molecule has 154 valence electrons. The number of aromatic nitrogens is 5. The van der Waals surface area contributed by atoms with Crippen molar-refractivity contribution in [1.82, 2.24) is 30.0 Å². The molecule has 0 saturated carbocycles. The van der Waals surface area contributed by atoms with Crippen LogP contribution in [0.2, 0.25) is 0 Å². The molecule has 4 heterocycles. The Morgan fingerprint density at radius 3 is 2.73 bits per heavy atom. The molecule has 0 radical (unpaired) electrons. The van der Waals surface area contributed by atoms with Crippen LogP contribution in [0.15, 0.2) is 24.5 Å². The normalized spacial score (nSPS) is 15.4. The van der Waals surface area contributed by atoms with Crippen LogP contribution in [-0.4, -0.2) is 56.8 Å². The summed E-state index contributed by atoms with van der Waals surface area (Å²) >= 11 is 0. The maximum Gasteiger partial charge on any atom is 0.269 e. The molecule has 1 aliphatic carbocycles. The second-order valence-electron chi connectivity index (χ2n) is 7.49. The van der Waals surface area contributed by atoms with Gasteiger partial charge in [-0.15, -0.1) is 0 Å². The van der Waals surface area contributed by atoms with Crippen LogP contribution in [0.3, 0.4) is 0 Å². The van der Waals surface area contributed by atoms with Gasteiger partial charge in [0.15, 0.2) is 5.69 Å². The number of amides is 1. The number of nitrogens with two attached hydrogens (primary N) is 1. The molecular weight excluding hydrogens is 382 g/mol. The van der Waals surface area contributed by atoms with Gasteiger partial charge in [-0.2, -0.15) is 5.10 Å². The average Bonchev–Trinajstić information content (AvgIpc) is 3.12. The fourth-order valence-electron chi connectivity index (χ4n) is 4.10. The summed E-state index contributed by atoms with van der Waals surface area (Å²) < 4.78 is 1.67. The van der Waals surface area contributed by atoms with Gasteiger partial charge >= 0.3 is 0 Å². The number of anilines is 3. The fourth-order valence-corrected chi connectivity index (χ4v) is 4.10. The van der Waals surface area contributed by atoms with Gasteiger partial charge in [-0.25, -0.2) is 15.0 Å². The minimum atomic E-state index is -0.517. The summed E-state index contributed by atoms with van der Waals surface area (Å²) in [6.45, 7) is 3.91. The molecule has 4 N–H and O–H groups in total. The van der Waals surface area contributed by atoms with Crippen molar-refractivity contribution in [3.8, 4) is 11.4 Å². The summed E-state index contributed by atoms with van der Waals surface area (Å²) in [5.74, 6) is 0.607. The van der Waals surface area contributed by atoms with E-state index in [2.05, 4.69) is 36.7 Å². The van der Waals surface area contributed by atoms with Crippen molar-refractivity contribution in [3.05, 3.63) is 41.3 Å². The number of rotatable bonds is 4. The summed E-state index contributed by atoms with van der Waals surface area (Å²) in [7, 11) is 1.80. The first-order valence-electron chi connectivity index (χ1n) is 10.0. The molecule has 10 nitrogen and oxygen atoms in total. The number of aryl methyl sites for hydroxylation is 2. The highest BCUT2D eigenvalue weighted by Crippen LogP contribution is 2.34. The monoisotopic (exact) mass is 405 g/mol. The van der Waals surface area contributed by atoms with Crippen LogP contribution in [0.5, 0.6) is 0 Å². The lowest BCUT2D eigenvalue weighted by molar-refractivity contribution is 0.0994. The summed E-state index contributed by atoms with van der Waals surface area (Å²) in [5.41, 5.74) is 10.4. The minimum absolute atomic E-state index is 0.316. The molecule has 1 aliphatic heterocycles. The van der Waals surface area contributed by atoms with Crippen LogP contribution in [0, 0.1) is 0 Å². The van der Waals surface area contributed by atoms with Crippen molar-refractivity contribution >= 4 is 23.4 Å². The first-order chi connectivity index (χ1) is 14.6. The number of hydrogen-bond donors (Lipinski definition) is 3. The Labute approximate surface area is 173 Å². The van der Waals surface area contributed by atoms with Crippen LogP contribution in [-0.2, 0) is 19.9 Å². The van der Waals surface area contributed by atoms with E-state index in [0.29, 0.717) is 23.9 Å². The average molecular weight is 405 g/mol. The van der Waals surface area contributed by atoms with E-state index >= 15 is 0 Å². The Morgan fingerprint density at radius 1 is 1.17 bits per heavy atom. The number of carbonyl (C=O) groups excluding carboxylic acids is 1. The van der Waals surface area contributed by atoms with Gasteiger partial charge in [0, 0.05) is 45.0 Å². The van der Waals surface area contributed by atoms with E-state index in [9.17, 15) is 4.79 Å². The van der Waals surface area contributed by atoms with Gasteiger partial charge in [0.2, 0.25) is 5.95 Å². The number of primary amides is 1. The Morgan fingerprint density at radius 2 is 2.00 bits per heavy atom. The molecule has 0 aromatic carbocycles. The zero-order chi connectivity index (χ0) is 20.7. The summed E-state index contributed by atoms with van der Waals surface area (Å²) in [5, 5.41) is 10.8. The zero-order valence-electron chi connectivity index (χ0n) is 16.7. The summed E-state index contributed by atoms with van der Waals surface area (Å²) in [6.07, 6.45) is 5.12. The molecule has 5 rings (SSSR count). The van der Waals surface area contributed by atoms with Gasteiger partial charge in [0.1, 0.15) is 5.82 Å². The van der Waals surface area contributed by atoms with Gasteiger partial charge < -0.3 is 21.3 Å². The first kappa shape index (κ1) is 18.5. The van der Waals surface area contributed by atoms with E-state index in [1.807, 2.05) is 18.5 Å². The van der Waals surface area contributed by atoms with E-state index < -0.39 is 5.91 Å². The quantitative estimate of drug-likeness (QED) is 0.577. The number of nitrogens with one attached hydrogen (secondary N) is 2. The van der Waals surface area contributed by atoms with Crippen LogP contribution in [0.25, 0.3) is 11.4 Å². The van der Waals surface area contributed by atoms with Gasteiger partial charge in [-0.05, 0) is 30.5 Å². The fraction of sp³-hybridized carbons (Fsp3) is 0.350. The van der Waals surface area contributed by atoms with Crippen molar-refractivity contribution in [2.45, 2.75) is 12.8 Å². The molecule has 1 saturated heterocycles. The van der Waals surface area contributed by atoms with Crippen molar-refractivity contribution in [3.63, 3.8) is 0 Å². The van der Waals surface area contributed by atoms with Crippen LogP contribution in [0.4, 0.5) is 17.5 Å². The number of pyridine rings is 1. The zero-order valence-corrected chi connectivity index (χ0v) is 16.7. The molecule has 10 heteroatoms. The molecule has 0 unspecified atom stereocenters. The van der Waals surface area contributed by atoms with Gasteiger partial charge in [-0.1, -0.05) is 0 Å². The number of piperazine rings is 1. The van der Waals surface area contributed by atoms with Gasteiger partial charge in [0.05, 0.1) is 23.3 Å². The number of hydrogen-bond acceptors (Lipinski definition) is 8. The predicted octanol–water partition coefficient (Wildman–Crippen LogP) is 0.623. The highest BCUT2D eigenvalue weighted by molar-refractivity contribution is 5.94. The standard InChI is InChI=1S/C20H23N9O/c1-28-18-14(17(27-28)19(21)30)4-2-12-10-24-20(26-16(12)18)25-15-5-3-13(11-23-15)29-8-6-22-7-9-29/h3,5,10-11,22H,2,4,6-9H2,1H3,(H2,21,30)(H,23,24,25,26). The molecule has 30 heavy (non-hydrogen) atoms. The van der Waals surface area contributed by atoms with Crippen molar-refractivity contribution in [1.29, 1.82) is 0 Å². The third-order valence-electron chi connectivity index (χ3n) is 5.58. The maximum atomic E-state index is 11.7. The van der Waals surface area contributed by atoms with E-state index in [-0.39, 0.29) is 0 Å². The Kier molecular flexibility index (Phi) is 4.55. The van der Waals surface area contributed by atoms with Crippen molar-refractivity contribution < 1.29 is 4.79 Å². The Bertz CT molecular complexity index is 1100. The maximum absolute atomic E-state index is 11.7. The Balaban J connectivity index is 1.41. The van der Waals surface area contributed by atoms with E-state index in [0.717, 1.165) is 60.8 Å². The molecule has 3 aromatic heterocycles. The largest absolute Gasteiger partial charge is 0.368 e. The highest BCUT2D eigenvalue weighted by atomic mass is 16.1. The lowest BCUT2D eigenvalue weighted by atomic mass is 9.93. The molecule has 3 aromatic rings.